The van der Waals surface area contributed by atoms with Crippen molar-refractivity contribution in [2.24, 2.45) is 0 Å². The first-order valence-electron chi connectivity index (χ1n) is 9.82. The SMILES string of the molecule is CCC[C@H](NC(=O)OC(C)(C)C)C(=O)Oc1cc(C)cc2oc(=O)cc(CC)c12. The van der Waals surface area contributed by atoms with Crippen LogP contribution in [-0.2, 0) is 16.0 Å². The summed E-state index contributed by atoms with van der Waals surface area (Å²) in [5, 5.41) is 3.17. The second-order valence-electron chi connectivity index (χ2n) is 7.99. The maximum absolute atomic E-state index is 12.8. The molecule has 0 aliphatic heterocycles. The summed E-state index contributed by atoms with van der Waals surface area (Å²) in [4.78, 5) is 36.8. The molecule has 0 unspecified atom stereocenters. The van der Waals surface area contributed by atoms with Gasteiger partial charge in [0.2, 0.25) is 0 Å². The van der Waals surface area contributed by atoms with Crippen molar-refractivity contribution in [3.05, 3.63) is 39.7 Å². The molecule has 1 atom stereocenters. The lowest BCUT2D eigenvalue weighted by Crippen LogP contribution is -2.45. The molecule has 0 aliphatic carbocycles. The number of carbonyl (C=O) groups excluding carboxylic acids is 2. The Kier molecular flexibility index (Phi) is 7.06. The standard InChI is InChI=1S/C22H29NO6/c1-7-9-15(23-21(26)29-22(4,5)6)20(25)28-17-11-13(3)10-16-19(17)14(8-2)12-18(24)27-16/h10-12,15H,7-9H2,1-6H3,(H,23,26)/t15-/m0/s1. The van der Waals surface area contributed by atoms with E-state index in [1.807, 2.05) is 20.8 Å². The molecule has 29 heavy (non-hydrogen) atoms. The Morgan fingerprint density at radius 1 is 1.17 bits per heavy atom. The van der Waals surface area contributed by atoms with Crippen molar-refractivity contribution in [2.75, 3.05) is 0 Å². The van der Waals surface area contributed by atoms with Crippen LogP contribution in [0.25, 0.3) is 11.0 Å². The molecule has 0 fully saturated rings. The highest BCUT2D eigenvalue weighted by atomic mass is 16.6. The first-order chi connectivity index (χ1) is 13.5. The molecule has 2 rings (SSSR count). The van der Waals surface area contributed by atoms with Crippen molar-refractivity contribution in [3.8, 4) is 5.75 Å². The van der Waals surface area contributed by atoms with E-state index in [4.69, 9.17) is 13.9 Å². The molecular weight excluding hydrogens is 374 g/mol. The summed E-state index contributed by atoms with van der Waals surface area (Å²) in [7, 11) is 0. The molecule has 158 valence electrons. The van der Waals surface area contributed by atoms with Crippen molar-refractivity contribution < 1.29 is 23.5 Å². The fourth-order valence-electron chi connectivity index (χ4n) is 3.00. The molecule has 7 nitrogen and oxygen atoms in total. The summed E-state index contributed by atoms with van der Waals surface area (Å²) >= 11 is 0. The van der Waals surface area contributed by atoms with Gasteiger partial charge in [0.15, 0.2) is 0 Å². The number of amides is 1. The number of benzene rings is 1. The lowest BCUT2D eigenvalue weighted by Gasteiger charge is -2.23. The molecule has 7 heteroatoms. The Bertz CT molecular complexity index is 954. The summed E-state index contributed by atoms with van der Waals surface area (Å²) in [6.07, 6.45) is 0.961. The average Bonchev–Trinajstić information content (AvgIpc) is 2.58. The van der Waals surface area contributed by atoms with Crippen LogP contribution in [0, 0.1) is 6.92 Å². The second kappa shape index (κ2) is 9.11. The number of ether oxygens (including phenoxy) is 2. The van der Waals surface area contributed by atoms with Crippen molar-refractivity contribution >= 4 is 23.0 Å². The first kappa shape index (κ1) is 22.5. The maximum atomic E-state index is 12.8. The van der Waals surface area contributed by atoms with E-state index in [0.29, 0.717) is 36.0 Å². The van der Waals surface area contributed by atoms with Crippen LogP contribution in [0.4, 0.5) is 4.79 Å². The smallest absolute Gasteiger partial charge is 0.408 e. The Labute approximate surface area is 170 Å². The van der Waals surface area contributed by atoms with E-state index in [1.54, 1.807) is 32.9 Å². The molecule has 1 heterocycles. The molecular formula is C22H29NO6. The molecule has 0 saturated heterocycles. The van der Waals surface area contributed by atoms with E-state index in [1.165, 1.54) is 6.07 Å². The molecule has 2 aromatic rings. The molecule has 0 spiro atoms. The van der Waals surface area contributed by atoms with Crippen LogP contribution in [0.2, 0.25) is 0 Å². The summed E-state index contributed by atoms with van der Waals surface area (Å²) in [5.74, 6) is -0.296. The van der Waals surface area contributed by atoms with Gasteiger partial charge in [0.25, 0.3) is 0 Å². The summed E-state index contributed by atoms with van der Waals surface area (Å²) in [6, 6.07) is 3.99. The fraction of sp³-hybridized carbons (Fsp3) is 0.500. The lowest BCUT2D eigenvalue weighted by molar-refractivity contribution is -0.136. The zero-order valence-electron chi connectivity index (χ0n) is 17.9. The Morgan fingerprint density at radius 2 is 1.86 bits per heavy atom. The third-order valence-electron chi connectivity index (χ3n) is 4.18. The normalized spacial score (nSPS) is 12.5. The van der Waals surface area contributed by atoms with Gasteiger partial charge in [-0.1, -0.05) is 20.3 Å². The first-order valence-corrected chi connectivity index (χ1v) is 9.82. The molecule has 0 radical (unpaired) electrons. The predicted octanol–water partition coefficient (Wildman–Crippen LogP) is 4.26. The highest BCUT2D eigenvalue weighted by Crippen LogP contribution is 2.30. The fourth-order valence-corrected chi connectivity index (χ4v) is 3.00. The number of nitrogens with one attached hydrogen (secondary N) is 1. The van der Waals surface area contributed by atoms with Crippen LogP contribution < -0.4 is 15.7 Å². The van der Waals surface area contributed by atoms with Gasteiger partial charge in [-0.3, -0.25) is 0 Å². The van der Waals surface area contributed by atoms with Gasteiger partial charge in [0, 0.05) is 6.07 Å². The molecule has 0 bridgehead atoms. The van der Waals surface area contributed by atoms with Crippen molar-refractivity contribution in [1.29, 1.82) is 0 Å². The summed E-state index contributed by atoms with van der Waals surface area (Å²) in [5.41, 5.74) is 0.748. The minimum absolute atomic E-state index is 0.303. The third kappa shape index (κ3) is 6.07. The average molecular weight is 403 g/mol. The number of hydrogen-bond donors (Lipinski definition) is 1. The van der Waals surface area contributed by atoms with Gasteiger partial charge in [-0.2, -0.15) is 0 Å². The molecule has 1 aromatic carbocycles. The van der Waals surface area contributed by atoms with Crippen LogP contribution in [0.3, 0.4) is 0 Å². The largest absolute Gasteiger partial charge is 0.444 e. The van der Waals surface area contributed by atoms with Gasteiger partial charge in [0.05, 0.1) is 5.39 Å². The van der Waals surface area contributed by atoms with E-state index >= 15 is 0 Å². The zero-order chi connectivity index (χ0) is 21.8. The second-order valence-corrected chi connectivity index (χ2v) is 7.99. The minimum atomic E-state index is -0.855. The highest BCUT2D eigenvalue weighted by Gasteiger charge is 2.26. The Morgan fingerprint density at radius 3 is 2.45 bits per heavy atom. The van der Waals surface area contributed by atoms with E-state index in [-0.39, 0.29) is 0 Å². The van der Waals surface area contributed by atoms with Gasteiger partial charge >= 0.3 is 17.7 Å². The van der Waals surface area contributed by atoms with Crippen LogP contribution in [0.1, 0.15) is 58.6 Å². The number of alkyl carbamates (subject to hydrolysis) is 1. The molecule has 0 aliphatic rings. The molecule has 1 aromatic heterocycles. The van der Waals surface area contributed by atoms with Crippen LogP contribution in [0.15, 0.2) is 27.4 Å². The molecule has 0 saturated carbocycles. The van der Waals surface area contributed by atoms with Gasteiger partial charge < -0.3 is 19.2 Å². The Balaban J connectivity index is 2.35. The maximum Gasteiger partial charge on any atom is 0.408 e. The van der Waals surface area contributed by atoms with Gasteiger partial charge in [-0.05, 0) is 63.8 Å². The number of carbonyl (C=O) groups is 2. The number of fused-ring (bicyclic) bond motifs is 1. The summed E-state index contributed by atoms with van der Waals surface area (Å²) < 4.78 is 16.2. The number of hydrogen-bond acceptors (Lipinski definition) is 6. The minimum Gasteiger partial charge on any atom is -0.444 e. The monoisotopic (exact) mass is 403 g/mol. The van der Waals surface area contributed by atoms with E-state index in [0.717, 1.165) is 11.1 Å². The van der Waals surface area contributed by atoms with Crippen molar-refractivity contribution in [2.45, 2.75) is 72.4 Å². The molecule has 1 amide bonds. The Hall–Kier alpha value is -2.83. The van der Waals surface area contributed by atoms with Gasteiger partial charge in [0.1, 0.15) is 23.0 Å². The quantitative estimate of drug-likeness (QED) is 0.440. The third-order valence-corrected chi connectivity index (χ3v) is 4.18. The highest BCUT2D eigenvalue weighted by molar-refractivity contribution is 5.91. The number of esters is 1. The molecule has 1 N–H and O–H groups in total. The topological polar surface area (TPSA) is 94.8 Å². The van der Waals surface area contributed by atoms with Crippen LogP contribution >= 0.6 is 0 Å². The van der Waals surface area contributed by atoms with Crippen molar-refractivity contribution in [3.63, 3.8) is 0 Å². The van der Waals surface area contributed by atoms with Gasteiger partial charge in [-0.25, -0.2) is 14.4 Å². The number of rotatable bonds is 6. The van der Waals surface area contributed by atoms with E-state index in [9.17, 15) is 14.4 Å². The zero-order valence-corrected chi connectivity index (χ0v) is 17.9. The van der Waals surface area contributed by atoms with Gasteiger partial charge in [-0.15, -0.1) is 0 Å². The number of aryl methyl sites for hydroxylation is 2. The van der Waals surface area contributed by atoms with Crippen LogP contribution in [-0.4, -0.2) is 23.7 Å². The van der Waals surface area contributed by atoms with Crippen LogP contribution in [0.5, 0.6) is 5.75 Å². The summed E-state index contributed by atoms with van der Waals surface area (Å²) in [6.45, 7) is 10.9. The lowest BCUT2D eigenvalue weighted by atomic mass is 10.0. The van der Waals surface area contributed by atoms with E-state index < -0.39 is 29.3 Å². The van der Waals surface area contributed by atoms with E-state index in [2.05, 4.69) is 5.32 Å². The van der Waals surface area contributed by atoms with Crippen molar-refractivity contribution in [1.82, 2.24) is 5.32 Å². The predicted molar refractivity (Wildman–Crippen MR) is 110 cm³/mol.